The minimum Gasteiger partial charge on any atom is -0.388 e. The predicted octanol–water partition coefficient (Wildman–Crippen LogP) is 2.66. The van der Waals surface area contributed by atoms with Crippen LogP contribution in [-0.4, -0.2) is 5.11 Å². The van der Waals surface area contributed by atoms with E-state index in [9.17, 15) is 9.50 Å². The average Bonchev–Trinajstić information content (AvgIpc) is 2.89. The van der Waals surface area contributed by atoms with Crippen molar-refractivity contribution >= 4 is 0 Å². The van der Waals surface area contributed by atoms with E-state index < -0.39 is 6.10 Å². The summed E-state index contributed by atoms with van der Waals surface area (Å²) in [6.07, 6.45) is 2.46. The normalized spacial score (nSPS) is 18.6. The fourth-order valence-electron chi connectivity index (χ4n) is 1.54. The van der Waals surface area contributed by atoms with Crippen LogP contribution in [0, 0.1) is 11.7 Å². The van der Waals surface area contributed by atoms with Gasteiger partial charge in [0.1, 0.15) is 5.82 Å². The number of halogens is 1. The fourth-order valence-corrected chi connectivity index (χ4v) is 1.54. The first-order valence-corrected chi connectivity index (χ1v) is 4.70. The van der Waals surface area contributed by atoms with Crippen molar-refractivity contribution in [2.45, 2.75) is 25.4 Å². The van der Waals surface area contributed by atoms with Gasteiger partial charge in [-0.25, -0.2) is 4.39 Å². The van der Waals surface area contributed by atoms with Crippen LogP contribution >= 0.6 is 0 Å². The molecule has 1 aromatic carbocycles. The molecule has 2 heteroatoms. The molecule has 0 bridgehead atoms. The van der Waals surface area contributed by atoms with Gasteiger partial charge in [0.2, 0.25) is 0 Å². The van der Waals surface area contributed by atoms with Gasteiger partial charge in [-0.1, -0.05) is 31.0 Å². The van der Waals surface area contributed by atoms with Crippen molar-refractivity contribution < 1.29 is 9.50 Å². The van der Waals surface area contributed by atoms with Gasteiger partial charge in [-0.05, 0) is 18.4 Å². The molecular formula is C11H13FO. The van der Waals surface area contributed by atoms with Gasteiger partial charge in [0.15, 0.2) is 0 Å². The maximum atomic E-state index is 13.2. The maximum Gasteiger partial charge on any atom is 0.128 e. The molecule has 1 N–H and O–H groups in total. The Morgan fingerprint density at radius 2 is 2.08 bits per heavy atom. The molecule has 13 heavy (non-hydrogen) atoms. The Balaban J connectivity index is 2.09. The first kappa shape index (κ1) is 8.70. The van der Waals surface area contributed by atoms with Gasteiger partial charge in [-0.3, -0.25) is 0 Å². The zero-order chi connectivity index (χ0) is 9.26. The molecule has 1 atom stereocenters. The molecule has 1 aliphatic rings. The van der Waals surface area contributed by atoms with E-state index in [-0.39, 0.29) is 5.82 Å². The van der Waals surface area contributed by atoms with Crippen LogP contribution in [-0.2, 0) is 0 Å². The molecule has 1 aliphatic carbocycles. The summed E-state index contributed by atoms with van der Waals surface area (Å²) in [5.74, 6) is 0.324. The first-order chi connectivity index (χ1) is 6.27. The SMILES string of the molecule is OC(CC1CC1)c1ccccc1F. The average molecular weight is 180 g/mol. The Kier molecular flexibility index (Phi) is 2.32. The van der Waals surface area contributed by atoms with Crippen molar-refractivity contribution in [2.75, 3.05) is 0 Å². The molecule has 0 aromatic heterocycles. The summed E-state index contributed by atoms with van der Waals surface area (Å²) < 4.78 is 13.2. The molecule has 1 nitrogen and oxygen atoms in total. The van der Waals surface area contributed by atoms with Gasteiger partial charge in [-0.15, -0.1) is 0 Å². The Morgan fingerprint density at radius 1 is 1.38 bits per heavy atom. The lowest BCUT2D eigenvalue weighted by atomic mass is 10.0. The van der Waals surface area contributed by atoms with E-state index in [0.29, 0.717) is 17.9 Å². The number of rotatable bonds is 3. The maximum absolute atomic E-state index is 13.2. The Bertz CT molecular complexity index is 294. The van der Waals surface area contributed by atoms with Crippen LogP contribution in [0.15, 0.2) is 24.3 Å². The molecule has 1 saturated carbocycles. The van der Waals surface area contributed by atoms with Crippen LogP contribution in [0.4, 0.5) is 4.39 Å². The van der Waals surface area contributed by atoms with Crippen molar-refractivity contribution in [3.8, 4) is 0 Å². The molecule has 0 amide bonds. The van der Waals surface area contributed by atoms with Crippen LogP contribution in [0.3, 0.4) is 0 Å². The van der Waals surface area contributed by atoms with Gasteiger partial charge in [0.05, 0.1) is 6.10 Å². The van der Waals surface area contributed by atoms with Crippen molar-refractivity contribution in [1.29, 1.82) is 0 Å². The van der Waals surface area contributed by atoms with Crippen LogP contribution < -0.4 is 0 Å². The van der Waals surface area contributed by atoms with E-state index in [2.05, 4.69) is 0 Å². The molecule has 1 fully saturated rings. The highest BCUT2D eigenvalue weighted by Gasteiger charge is 2.26. The number of hydrogen-bond acceptors (Lipinski definition) is 1. The molecule has 0 saturated heterocycles. The van der Waals surface area contributed by atoms with E-state index in [4.69, 9.17) is 0 Å². The molecule has 1 unspecified atom stereocenters. The molecule has 2 rings (SSSR count). The Hall–Kier alpha value is -0.890. The van der Waals surface area contributed by atoms with Gasteiger partial charge in [0, 0.05) is 5.56 Å². The van der Waals surface area contributed by atoms with Crippen molar-refractivity contribution in [2.24, 2.45) is 5.92 Å². The van der Waals surface area contributed by atoms with Crippen molar-refractivity contribution in [1.82, 2.24) is 0 Å². The summed E-state index contributed by atoms with van der Waals surface area (Å²) in [5.41, 5.74) is 0.439. The quantitative estimate of drug-likeness (QED) is 0.758. The summed E-state index contributed by atoms with van der Waals surface area (Å²) in [6.45, 7) is 0. The standard InChI is InChI=1S/C11H13FO/c12-10-4-2-1-3-9(10)11(13)7-8-5-6-8/h1-4,8,11,13H,5-7H2. The summed E-state index contributed by atoms with van der Waals surface area (Å²) >= 11 is 0. The third kappa shape index (κ3) is 2.07. The largest absolute Gasteiger partial charge is 0.388 e. The number of aliphatic hydroxyl groups excluding tert-OH is 1. The Labute approximate surface area is 77.2 Å². The van der Waals surface area contributed by atoms with Crippen molar-refractivity contribution in [3.05, 3.63) is 35.6 Å². The van der Waals surface area contributed by atoms with Crippen LogP contribution in [0.25, 0.3) is 0 Å². The Morgan fingerprint density at radius 3 is 2.69 bits per heavy atom. The van der Waals surface area contributed by atoms with Crippen LogP contribution in [0.5, 0.6) is 0 Å². The zero-order valence-electron chi connectivity index (χ0n) is 7.41. The summed E-state index contributed by atoms with van der Waals surface area (Å²) in [4.78, 5) is 0. The third-order valence-electron chi connectivity index (χ3n) is 2.52. The van der Waals surface area contributed by atoms with Crippen molar-refractivity contribution in [3.63, 3.8) is 0 Å². The minimum atomic E-state index is -0.617. The monoisotopic (exact) mass is 180 g/mol. The van der Waals surface area contributed by atoms with Gasteiger partial charge in [0.25, 0.3) is 0 Å². The minimum absolute atomic E-state index is 0.296. The highest BCUT2D eigenvalue weighted by atomic mass is 19.1. The van der Waals surface area contributed by atoms with Gasteiger partial charge >= 0.3 is 0 Å². The molecular weight excluding hydrogens is 167 g/mol. The number of hydrogen-bond donors (Lipinski definition) is 1. The fraction of sp³-hybridized carbons (Fsp3) is 0.455. The zero-order valence-corrected chi connectivity index (χ0v) is 7.41. The molecule has 70 valence electrons. The summed E-state index contributed by atoms with van der Waals surface area (Å²) in [6, 6.07) is 6.45. The topological polar surface area (TPSA) is 20.2 Å². The van der Waals surface area contributed by atoms with Crippen LogP contribution in [0.2, 0.25) is 0 Å². The van der Waals surface area contributed by atoms with Crippen LogP contribution in [0.1, 0.15) is 30.9 Å². The summed E-state index contributed by atoms with van der Waals surface area (Å²) in [7, 11) is 0. The summed E-state index contributed by atoms with van der Waals surface area (Å²) in [5, 5.41) is 9.67. The molecule has 0 spiro atoms. The lowest BCUT2D eigenvalue weighted by Gasteiger charge is -2.10. The lowest BCUT2D eigenvalue weighted by Crippen LogP contribution is -2.01. The number of aliphatic hydroxyl groups is 1. The molecule has 0 radical (unpaired) electrons. The van der Waals surface area contributed by atoms with E-state index in [1.807, 2.05) is 0 Å². The van der Waals surface area contributed by atoms with Gasteiger partial charge < -0.3 is 5.11 Å². The second-order valence-corrected chi connectivity index (χ2v) is 3.72. The first-order valence-electron chi connectivity index (χ1n) is 4.70. The molecule has 1 aromatic rings. The number of benzene rings is 1. The van der Waals surface area contributed by atoms with E-state index >= 15 is 0 Å². The lowest BCUT2D eigenvalue weighted by molar-refractivity contribution is 0.156. The highest BCUT2D eigenvalue weighted by molar-refractivity contribution is 5.19. The van der Waals surface area contributed by atoms with Gasteiger partial charge in [-0.2, -0.15) is 0 Å². The second kappa shape index (κ2) is 3.46. The molecule has 0 heterocycles. The van der Waals surface area contributed by atoms with E-state index in [1.165, 1.54) is 18.9 Å². The van der Waals surface area contributed by atoms with E-state index in [0.717, 1.165) is 0 Å². The third-order valence-corrected chi connectivity index (χ3v) is 2.52. The highest BCUT2D eigenvalue weighted by Crippen LogP contribution is 2.37. The second-order valence-electron chi connectivity index (χ2n) is 3.72. The predicted molar refractivity (Wildman–Crippen MR) is 48.7 cm³/mol. The smallest absolute Gasteiger partial charge is 0.128 e. The molecule has 0 aliphatic heterocycles. The van der Waals surface area contributed by atoms with E-state index in [1.54, 1.807) is 18.2 Å².